The first-order valence-corrected chi connectivity index (χ1v) is 9.37. The van der Waals surface area contributed by atoms with E-state index in [2.05, 4.69) is 5.32 Å². The molecule has 1 heterocycles. The van der Waals surface area contributed by atoms with Gasteiger partial charge >= 0.3 is 19.1 Å². The van der Waals surface area contributed by atoms with Gasteiger partial charge in [-0.15, -0.1) is 0 Å². The van der Waals surface area contributed by atoms with E-state index in [1.807, 2.05) is 6.92 Å². The molecule has 3 N–H and O–H groups in total. The predicted octanol–water partition coefficient (Wildman–Crippen LogP) is 1.34. The van der Waals surface area contributed by atoms with Gasteiger partial charge in [0.25, 0.3) is 0 Å². The van der Waals surface area contributed by atoms with E-state index in [0.717, 1.165) is 6.07 Å². The maximum atomic E-state index is 12.4. The molecular formula is C19H26BNO8. The van der Waals surface area contributed by atoms with E-state index in [1.165, 1.54) is 6.07 Å². The summed E-state index contributed by atoms with van der Waals surface area (Å²) in [6, 6.07) is 2.52. The molecule has 1 aliphatic heterocycles. The van der Waals surface area contributed by atoms with E-state index in [9.17, 15) is 24.5 Å². The molecule has 2 rings (SSSR count). The Balaban J connectivity index is 2.12. The lowest BCUT2D eigenvalue weighted by Gasteiger charge is -2.29. The lowest BCUT2D eigenvalue weighted by Crippen LogP contribution is -2.53. The number of fused-ring (bicyclic) bond motifs is 1. The van der Waals surface area contributed by atoms with Crippen molar-refractivity contribution in [1.82, 2.24) is 5.32 Å². The van der Waals surface area contributed by atoms with Crippen LogP contribution in [0.25, 0.3) is 0 Å². The fraction of sp³-hybridized carbons (Fsp3) is 0.526. The number of amides is 1. The second-order valence-corrected chi connectivity index (χ2v) is 7.85. The van der Waals surface area contributed by atoms with Crippen LogP contribution in [-0.2, 0) is 25.5 Å². The highest BCUT2D eigenvalue weighted by Gasteiger charge is 2.38. The number of ether oxygens (including phenoxy) is 2. The van der Waals surface area contributed by atoms with Gasteiger partial charge in [-0.25, -0.2) is 4.79 Å². The Morgan fingerprint density at radius 3 is 2.59 bits per heavy atom. The van der Waals surface area contributed by atoms with E-state index in [1.54, 1.807) is 20.8 Å². The second-order valence-electron chi connectivity index (χ2n) is 7.85. The smallest absolute Gasteiger partial charge is 0.534 e. The zero-order chi connectivity index (χ0) is 21.8. The number of esters is 2. The largest absolute Gasteiger partial charge is 0.547 e. The molecule has 1 aromatic rings. The molecular weight excluding hydrogens is 381 g/mol. The number of hydrogen-bond donors (Lipinski definition) is 3. The van der Waals surface area contributed by atoms with Crippen LogP contribution in [0.4, 0.5) is 0 Å². The standard InChI is InChI=1S/C19H26BNO8/c1-5-6-15(23)21-14-8-11-7-12(22)9-13(16(11)29-20(14)26)17(24)27-10-28-18(25)19(2,3)4/h7,9,14,22,26H,5-6,8,10H2,1-4H3,(H,21,23). The molecule has 0 saturated carbocycles. The normalized spacial score (nSPS) is 15.8. The SMILES string of the molecule is CCCC(=O)NC1Cc2cc(O)cc(C(=O)OCOC(=O)C(C)(C)C)c2OB1O. The number of phenolic OH excluding ortho intramolecular Hbond substituents is 1. The van der Waals surface area contributed by atoms with E-state index >= 15 is 0 Å². The molecule has 1 aliphatic rings. The lowest BCUT2D eigenvalue weighted by atomic mass is 9.72. The molecule has 0 radical (unpaired) electrons. The van der Waals surface area contributed by atoms with E-state index in [4.69, 9.17) is 14.1 Å². The van der Waals surface area contributed by atoms with Crippen LogP contribution in [0.3, 0.4) is 0 Å². The number of carbonyl (C=O) groups excluding carboxylic acids is 3. The van der Waals surface area contributed by atoms with Crippen molar-refractivity contribution in [3.63, 3.8) is 0 Å². The number of nitrogens with one attached hydrogen (secondary N) is 1. The monoisotopic (exact) mass is 407 g/mol. The average molecular weight is 407 g/mol. The fourth-order valence-corrected chi connectivity index (χ4v) is 2.71. The molecule has 0 aromatic heterocycles. The summed E-state index contributed by atoms with van der Waals surface area (Å²) in [5, 5.41) is 22.9. The summed E-state index contributed by atoms with van der Waals surface area (Å²) < 4.78 is 15.3. The van der Waals surface area contributed by atoms with Crippen molar-refractivity contribution in [2.24, 2.45) is 5.41 Å². The summed E-state index contributed by atoms with van der Waals surface area (Å²) in [7, 11) is -1.38. The minimum absolute atomic E-state index is 0.0449. The Morgan fingerprint density at radius 1 is 1.28 bits per heavy atom. The van der Waals surface area contributed by atoms with Gasteiger partial charge in [0.15, 0.2) is 0 Å². The highest BCUT2D eigenvalue weighted by molar-refractivity contribution is 6.47. The molecule has 0 saturated heterocycles. The molecule has 0 fully saturated rings. The highest BCUT2D eigenvalue weighted by atomic mass is 16.7. The zero-order valence-corrected chi connectivity index (χ0v) is 17.0. The number of rotatable bonds is 6. The van der Waals surface area contributed by atoms with Crippen LogP contribution in [0.2, 0.25) is 0 Å². The summed E-state index contributed by atoms with van der Waals surface area (Å²) in [4.78, 5) is 35.9. The van der Waals surface area contributed by atoms with Crippen molar-refractivity contribution in [3.05, 3.63) is 23.3 Å². The molecule has 0 aliphatic carbocycles. The molecule has 1 atom stereocenters. The molecule has 29 heavy (non-hydrogen) atoms. The fourth-order valence-electron chi connectivity index (χ4n) is 2.71. The summed E-state index contributed by atoms with van der Waals surface area (Å²) in [6.45, 7) is 6.24. The third-order valence-corrected chi connectivity index (χ3v) is 4.21. The van der Waals surface area contributed by atoms with Gasteiger partial charge in [0.1, 0.15) is 17.1 Å². The van der Waals surface area contributed by atoms with Gasteiger partial charge in [-0.05, 0) is 51.3 Å². The molecule has 0 bridgehead atoms. The Labute approximate surface area is 169 Å². The van der Waals surface area contributed by atoms with Crippen LogP contribution in [-0.4, -0.2) is 47.8 Å². The predicted molar refractivity (Wildman–Crippen MR) is 103 cm³/mol. The molecule has 10 heteroatoms. The van der Waals surface area contributed by atoms with Crippen molar-refractivity contribution in [2.75, 3.05) is 6.79 Å². The number of hydrogen-bond acceptors (Lipinski definition) is 8. The maximum absolute atomic E-state index is 12.4. The number of benzene rings is 1. The summed E-state index contributed by atoms with van der Waals surface area (Å²) in [5.74, 6) is -2.55. The minimum atomic E-state index is -1.38. The van der Waals surface area contributed by atoms with Crippen LogP contribution in [0.15, 0.2) is 12.1 Å². The van der Waals surface area contributed by atoms with Crippen molar-refractivity contribution < 1.29 is 38.6 Å². The molecule has 9 nitrogen and oxygen atoms in total. The van der Waals surface area contributed by atoms with Crippen LogP contribution in [0.1, 0.15) is 56.5 Å². The van der Waals surface area contributed by atoms with Gasteiger partial charge < -0.3 is 29.6 Å². The van der Waals surface area contributed by atoms with Crippen LogP contribution < -0.4 is 9.97 Å². The van der Waals surface area contributed by atoms with Crippen LogP contribution in [0, 0.1) is 5.41 Å². The Bertz CT molecular complexity index is 789. The Kier molecular flexibility index (Phi) is 7.13. The van der Waals surface area contributed by atoms with Crippen LogP contribution >= 0.6 is 0 Å². The number of carbonyl (C=O) groups is 3. The molecule has 1 amide bonds. The lowest BCUT2D eigenvalue weighted by molar-refractivity contribution is -0.161. The van der Waals surface area contributed by atoms with Gasteiger partial charge in [0.05, 0.1) is 11.4 Å². The van der Waals surface area contributed by atoms with Crippen LogP contribution in [0.5, 0.6) is 11.5 Å². The van der Waals surface area contributed by atoms with Crippen molar-refractivity contribution in [2.45, 2.75) is 52.9 Å². The van der Waals surface area contributed by atoms with Crippen molar-refractivity contribution in [3.8, 4) is 11.5 Å². The van der Waals surface area contributed by atoms with Gasteiger partial charge in [-0.3, -0.25) is 9.59 Å². The van der Waals surface area contributed by atoms with Gasteiger partial charge in [-0.2, -0.15) is 0 Å². The second kappa shape index (κ2) is 9.17. The summed E-state index contributed by atoms with van der Waals surface area (Å²) in [5.41, 5.74) is -0.443. The van der Waals surface area contributed by atoms with Gasteiger partial charge in [0, 0.05) is 6.42 Å². The first-order valence-electron chi connectivity index (χ1n) is 9.37. The molecule has 158 valence electrons. The van der Waals surface area contributed by atoms with Crippen molar-refractivity contribution >= 4 is 25.0 Å². The molecule has 0 spiro atoms. The quantitative estimate of drug-likeness (QED) is 0.366. The topological polar surface area (TPSA) is 131 Å². The number of aromatic hydroxyl groups is 1. The van der Waals surface area contributed by atoms with Gasteiger partial charge in [0.2, 0.25) is 12.7 Å². The Hall–Kier alpha value is -2.75. The molecule has 1 unspecified atom stereocenters. The van der Waals surface area contributed by atoms with Crippen molar-refractivity contribution in [1.29, 1.82) is 0 Å². The number of phenols is 1. The third-order valence-electron chi connectivity index (χ3n) is 4.21. The zero-order valence-electron chi connectivity index (χ0n) is 17.0. The minimum Gasteiger partial charge on any atom is -0.534 e. The molecule has 1 aromatic carbocycles. The maximum Gasteiger partial charge on any atom is 0.547 e. The van der Waals surface area contributed by atoms with E-state index in [0.29, 0.717) is 18.4 Å². The third kappa shape index (κ3) is 5.87. The highest BCUT2D eigenvalue weighted by Crippen LogP contribution is 2.34. The summed E-state index contributed by atoms with van der Waals surface area (Å²) in [6.07, 6.45) is 1.11. The van der Waals surface area contributed by atoms with Gasteiger partial charge in [-0.1, -0.05) is 6.92 Å². The van der Waals surface area contributed by atoms with E-state index in [-0.39, 0.29) is 29.4 Å². The first-order chi connectivity index (χ1) is 13.5. The van der Waals surface area contributed by atoms with E-state index < -0.39 is 37.2 Å². The first kappa shape index (κ1) is 22.5. The average Bonchev–Trinajstić information content (AvgIpc) is 2.61. The Morgan fingerprint density at radius 2 is 1.97 bits per heavy atom. The summed E-state index contributed by atoms with van der Waals surface area (Å²) >= 11 is 0.